The Balaban J connectivity index is 2.23. The summed E-state index contributed by atoms with van der Waals surface area (Å²) >= 11 is 6.25. The Morgan fingerprint density at radius 2 is 1.85 bits per heavy atom. The van der Waals surface area contributed by atoms with E-state index < -0.39 is 0 Å². The Bertz CT molecular complexity index is 773. The van der Waals surface area contributed by atoms with Gasteiger partial charge < -0.3 is 5.73 Å². The smallest absolute Gasteiger partial charge is 0.162 e. The molecule has 4 heteroatoms. The van der Waals surface area contributed by atoms with E-state index in [9.17, 15) is 0 Å². The van der Waals surface area contributed by atoms with Gasteiger partial charge in [-0.05, 0) is 31.0 Å². The molecular weight excluding hydrogens is 270 g/mol. The Labute approximate surface area is 123 Å². The second kappa shape index (κ2) is 4.84. The van der Waals surface area contributed by atoms with E-state index in [1.165, 1.54) is 5.56 Å². The lowest BCUT2D eigenvalue weighted by Crippen LogP contribution is -1.94. The van der Waals surface area contributed by atoms with Gasteiger partial charge in [-0.25, -0.2) is 4.98 Å². The van der Waals surface area contributed by atoms with Crippen molar-refractivity contribution in [2.75, 3.05) is 5.73 Å². The van der Waals surface area contributed by atoms with Crippen molar-refractivity contribution in [1.29, 1.82) is 0 Å². The molecule has 2 aromatic heterocycles. The number of hydrogen-bond acceptors (Lipinski definition) is 2. The summed E-state index contributed by atoms with van der Waals surface area (Å²) in [6, 6.07) is 12.0. The predicted octanol–water partition coefficient (Wildman–Crippen LogP) is 4.11. The number of rotatable bonds is 2. The van der Waals surface area contributed by atoms with Crippen LogP contribution in [0.1, 0.15) is 18.2 Å². The van der Waals surface area contributed by atoms with Crippen LogP contribution in [0.2, 0.25) is 5.15 Å². The molecule has 0 bridgehead atoms. The first-order chi connectivity index (χ1) is 9.61. The highest BCUT2D eigenvalue weighted by molar-refractivity contribution is 6.30. The number of nitrogens with two attached hydrogens (primary N) is 1. The van der Waals surface area contributed by atoms with Crippen molar-refractivity contribution < 1.29 is 0 Å². The van der Waals surface area contributed by atoms with Crippen molar-refractivity contribution in [3.8, 4) is 11.3 Å². The summed E-state index contributed by atoms with van der Waals surface area (Å²) in [6.45, 7) is 4.15. The maximum atomic E-state index is 6.25. The molecule has 0 aliphatic rings. The van der Waals surface area contributed by atoms with Crippen LogP contribution in [0.4, 0.5) is 5.69 Å². The van der Waals surface area contributed by atoms with Crippen LogP contribution in [0, 0.1) is 6.92 Å². The van der Waals surface area contributed by atoms with Crippen LogP contribution in [-0.4, -0.2) is 9.38 Å². The lowest BCUT2D eigenvalue weighted by atomic mass is 10.1. The van der Waals surface area contributed by atoms with Crippen molar-refractivity contribution in [1.82, 2.24) is 9.38 Å². The average Bonchev–Trinajstić information content (AvgIpc) is 2.82. The van der Waals surface area contributed by atoms with Gasteiger partial charge in [0.2, 0.25) is 0 Å². The first-order valence-electron chi connectivity index (χ1n) is 6.64. The minimum Gasteiger partial charge on any atom is -0.396 e. The molecule has 20 heavy (non-hydrogen) atoms. The van der Waals surface area contributed by atoms with Crippen LogP contribution in [0.25, 0.3) is 16.9 Å². The van der Waals surface area contributed by atoms with Crippen LogP contribution in [-0.2, 0) is 6.42 Å². The van der Waals surface area contributed by atoms with Crippen molar-refractivity contribution >= 4 is 22.9 Å². The van der Waals surface area contributed by atoms with E-state index in [2.05, 4.69) is 36.2 Å². The molecule has 0 aliphatic carbocycles. The van der Waals surface area contributed by atoms with Crippen LogP contribution in [0.5, 0.6) is 0 Å². The molecule has 0 atom stereocenters. The van der Waals surface area contributed by atoms with Crippen LogP contribution >= 0.6 is 11.6 Å². The number of nitrogen functional groups attached to an aromatic ring is 1. The van der Waals surface area contributed by atoms with E-state index in [0.29, 0.717) is 16.5 Å². The molecule has 0 fully saturated rings. The number of nitrogens with zero attached hydrogens (tertiary/aromatic N) is 2. The Kier molecular flexibility index (Phi) is 3.14. The quantitative estimate of drug-likeness (QED) is 0.720. The number of aromatic nitrogens is 2. The first-order valence-corrected chi connectivity index (χ1v) is 7.02. The number of benzene rings is 1. The zero-order valence-electron chi connectivity index (χ0n) is 11.5. The third-order valence-electron chi connectivity index (χ3n) is 3.62. The number of halogens is 1. The summed E-state index contributed by atoms with van der Waals surface area (Å²) < 4.78 is 1.89. The van der Waals surface area contributed by atoms with E-state index in [0.717, 1.165) is 23.4 Å². The summed E-state index contributed by atoms with van der Waals surface area (Å²) in [5, 5.41) is 0.621. The monoisotopic (exact) mass is 285 g/mol. The minimum atomic E-state index is 0.621. The highest BCUT2D eigenvalue weighted by Gasteiger charge is 2.14. The molecule has 0 saturated heterocycles. The maximum Gasteiger partial charge on any atom is 0.162 e. The summed E-state index contributed by atoms with van der Waals surface area (Å²) in [7, 11) is 0. The zero-order valence-corrected chi connectivity index (χ0v) is 12.3. The van der Waals surface area contributed by atoms with Crippen molar-refractivity contribution in [2.24, 2.45) is 0 Å². The molecule has 0 saturated carbocycles. The maximum absolute atomic E-state index is 6.25. The lowest BCUT2D eigenvalue weighted by molar-refractivity contribution is 1.11. The summed E-state index contributed by atoms with van der Waals surface area (Å²) in [5.74, 6) is 0. The van der Waals surface area contributed by atoms with Gasteiger partial charge in [0.05, 0.1) is 11.4 Å². The Morgan fingerprint density at radius 1 is 1.15 bits per heavy atom. The molecular formula is C16H16ClN3. The predicted molar refractivity (Wildman–Crippen MR) is 84.2 cm³/mol. The van der Waals surface area contributed by atoms with Crippen LogP contribution in [0.3, 0.4) is 0 Å². The van der Waals surface area contributed by atoms with E-state index in [4.69, 9.17) is 17.3 Å². The SMILES string of the molecule is CCc1ccc(-c2nc3c(N)ccc(Cl)n3c2C)cc1. The van der Waals surface area contributed by atoms with Gasteiger partial charge in [-0.2, -0.15) is 0 Å². The van der Waals surface area contributed by atoms with Gasteiger partial charge in [0.1, 0.15) is 5.15 Å². The highest BCUT2D eigenvalue weighted by atomic mass is 35.5. The Hall–Kier alpha value is -2.00. The third kappa shape index (κ3) is 1.95. The highest BCUT2D eigenvalue weighted by Crippen LogP contribution is 2.29. The van der Waals surface area contributed by atoms with Gasteiger partial charge in [-0.15, -0.1) is 0 Å². The topological polar surface area (TPSA) is 43.3 Å². The number of pyridine rings is 1. The molecule has 102 valence electrons. The fraction of sp³-hybridized carbons (Fsp3) is 0.188. The van der Waals surface area contributed by atoms with Gasteiger partial charge in [-0.3, -0.25) is 4.40 Å². The van der Waals surface area contributed by atoms with Crippen LogP contribution < -0.4 is 5.73 Å². The number of anilines is 1. The zero-order chi connectivity index (χ0) is 14.3. The second-order valence-corrected chi connectivity index (χ2v) is 5.25. The molecule has 1 aromatic carbocycles. The number of fused-ring (bicyclic) bond motifs is 1. The summed E-state index contributed by atoms with van der Waals surface area (Å²) in [4.78, 5) is 4.65. The molecule has 0 amide bonds. The average molecular weight is 286 g/mol. The van der Waals surface area contributed by atoms with E-state index >= 15 is 0 Å². The summed E-state index contributed by atoms with van der Waals surface area (Å²) in [5.41, 5.74) is 11.7. The van der Waals surface area contributed by atoms with Crippen LogP contribution in [0.15, 0.2) is 36.4 Å². The molecule has 0 aliphatic heterocycles. The molecule has 2 heterocycles. The van der Waals surface area contributed by atoms with Gasteiger partial charge >= 0.3 is 0 Å². The standard InChI is InChI=1S/C16H16ClN3/c1-3-11-4-6-12(7-5-11)15-10(2)20-14(17)9-8-13(18)16(20)19-15/h4-9H,3,18H2,1-2H3. The third-order valence-corrected chi connectivity index (χ3v) is 3.91. The second-order valence-electron chi connectivity index (χ2n) is 4.87. The molecule has 3 rings (SSSR count). The van der Waals surface area contributed by atoms with Gasteiger partial charge in [-0.1, -0.05) is 42.8 Å². The van der Waals surface area contributed by atoms with Crippen molar-refractivity contribution in [3.05, 3.63) is 52.8 Å². The first kappa shape index (κ1) is 13.0. The molecule has 0 radical (unpaired) electrons. The normalized spacial score (nSPS) is 11.2. The lowest BCUT2D eigenvalue weighted by Gasteiger charge is -2.03. The van der Waals surface area contributed by atoms with E-state index in [1.54, 1.807) is 12.1 Å². The van der Waals surface area contributed by atoms with Gasteiger partial charge in [0.25, 0.3) is 0 Å². The van der Waals surface area contributed by atoms with Gasteiger partial charge in [0, 0.05) is 11.3 Å². The number of hydrogen-bond donors (Lipinski definition) is 1. The molecule has 2 N–H and O–H groups in total. The Morgan fingerprint density at radius 3 is 2.45 bits per heavy atom. The van der Waals surface area contributed by atoms with E-state index in [-0.39, 0.29) is 0 Å². The van der Waals surface area contributed by atoms with E-state index in [1.807, 2.05) is 11.3 Å². The molecule has 0 unspecified atom stereocenters. The van der Waals surface area contributed by atoms with Gasteiger partial charge in [0.15, 0.2) is 5.65 Å². The molecule has 3 aromatic rings. The number of aryl methyl sites for hydroxylation is 2. The fourth-order valence-corrected chi connectivity index (χ4v) is 2.71. The number of imidazole rings is 1. The fourth-order valence-electron chi connectivity index (χ4n) is 2.44. The minimum absolute atomic E-state index is 0.621. The summed E-state index contributed by atoms with van der Waals surface area (Å²) in [6.07, 6.45) is 1.03. The largest absolute Gasteiger partial charge is 0.396 e. The van der Waals surface area contributed by atoms with Crippen molar-refractivity contribution in [3.63, 3.8) is 0 Å². The molecule has 0 spiro atoms. The molecule has 3 nitrogen and oxygen atoms in total. The van der Waals surface area contributed by atoms with Crippen molar-refractivity contribution in [2.45, 2.75) is 20.3 Å².